The maximum atomic E-state index is 3.62. The number of nitrogens with one attached hydrogen (secondary N) is 2. The van der Waals surface area contributed by atoms with E-state index in [1.165, 1.54) is 5.56 Å². The molecule has 78 valence electrons. The molecule has 2 heteroatoms. The molecular weight excluding hydrogens is 172 g/mol. The van der Waals surface area contributed by atoms with Gasteiger partial charge in [0.25, 0.3) is 0 Å². The summed E-state index contributed by atoms with van der Waals surface area (Å²) in [6.07, 6.45) is 4.02. The molecule has 0 amide bonds. The quantitative estimate of drug-likeness (QED) is 0.756. The summed E-state index contributed by atoms with van der Waals surface area (Å²) in [6, 6.07) is 2.76. The highest BCUT2D eigenvalue weighted by Crippen LogP contribution is 2.62. The third-order valence-corrected chi connectivity index (χ3v) is 4.19. The van der Waals surface area contributed by atoms with Crippen molar-refractivity contribution in [2.24, 2.45) is 10.8 Å². The van der Waals surface area contributed by atoms with E-state index in [1.54, 1.807) is 0 Å². The van der Waals surface area contributed by atoms with Crippen molar-refractivity contribution in [2.75, 3.05) is 0 Å². The fraction of sp³-hybridized carbons (Fsp3) is 0.667. The van der Waals surface area contributed by atoms with Crippen LogP contribution in [-0.4, -0.2) is 11.0 Å². The van der Waals surface area contributed by atoms with Crippen molar-refractivity contribution in [1.29, 1.82) is 0 Å². The molecule has 0 spiro atoms. The Hall–Kier alpha value is -0.760. The van der Waals surface area contributed by atoms with Crippen LogP contribution in [0.1, 0.15) is 33.3 Å². The minimum Gasteiger partial charge on any atom is -0.367 e. The van der Waals surface area contributed by atoms with E-state index in [9.17, 15) is 0 Å². The third-order valence-electron chi connectivity index (χ3n) is 4.19. The fourth-order valence-corrected chi connectivity index (χ4v) is 2.39. The lowest BCUT2D eigenvalue weighted by molar-refractivity contribution is 0.457. The summed E-state index contributed by atoms with van der Waals surface area (Å²) in [5, 5.41) is 3.62. The van der Waals surface area contributed by atoms with Gasteiger partial charge in [-0.2, -0.15) is 0 Å². The topological polar surface area (TPSA) is 27.8 Å². The Morgan fingerprint density at radius 3 is 2.36 bits per heavy atom. The van der Waals surface area contributed by atoms with Gasteiger partial charge in [0.05, 0.1) is 0 Å². The summed E-state index contributed by atoms with van der Waals surface area (Å²) in [7, 11) is 0. The van der Waals surface area contributed by atoms with Crippen molar-refractivity contribution in [3.63, 3.8) is 0 Å². The first-order valence-corrected chi connectivity index (χ1v) is 5.31. The van der Waals surface area contributed by atoms with Gasteiger partial charge in [0.15, 0.2) is 0 Å². The molecule has 1 saturated carbocycles. The SMILES string of the molecule is CC1(C)C(NCc2cc[nH]c2)C1(C)C. The smallest absolute Gasteiger partial charge is 0.0223 e. The lowest BCUT2D eigenvalue weighted by Gasteiger charge is -2.04. The van der Waals surface area contributed by atoms with Crippen molar-refractivity contribution in [2.45, 2.75) is 40.3 Å². The van der Waals surface area contributed by atoms with E-state index < -0.39 is 0 Å². The van der Waals surface area contributed by atoms with E-state index in [1.807, 2.05) is 6.20 Å². The van der Waals surface area contributed by atoms with Crippen molar-refractivity contribution < 1.29 is 0 Å². The minimum absolute atomic E-state index is 0.434. The lowest BCUT2D eigenvalue weighted by Crippen LogP contribution is -2.21. The van der Waals surface area contributed by atoms with Gasteiger partial charge in [-0.05, 0) is 22.5 Å². The van der Waals surface area contributed by atoms with Gasteiger partial charge in [-0.3, -0.25) is 0 Å². The Balaban J connectivity index is 1.90. The fourth-order valence-electron chi connectivity index (χ4n) is 2.39. The van der Waals surface area contributed by atoms with Crippen LogP contribution in [-0.2, 0) is 6.54 Å². The zero-order chi connectivity index (χ0) is 10.4. The molecular formula is C12H20N2. The zero-order valence-electron chi connectivity index (χ0n) is 9.52. The van der Waals surface area contributed by atoms with Gasteiger partial charge < -0.3 is 10.3 Å². The van der Waals surface area contributed by atoms with Gasteiger partial charge in [0.1, 0.15) is 0 Å². The van der Waals surface area contributed by atoms with Gasteiger partial charge in [-0.15, -0.1) is 0 Å². The Morgan fingerprint density at radius 1 is 1.29 bits per heavy atom. The van der Waals surface area contributed by atoms with Gasteiger partial charge in [-0.25, -0.2) is 0 Å². The summed E-state index contributed by atoms with van der Waals surface area (Å²) in [4.78, 5) is 3.08. The molecule has 0 aliphatic heterocycles. The molecule has 1 aliphatic carbocycles. The molecule has 1 aromatic rings. The molecule has 14 heavy (non-hydrogen) atoms. The van der Waals surface area contributed by atoms with E-state index in [4.69, 9.17) is 0 Å². The first-order valence-electron chi connectivity index (χ1n) is 5.31. The molecule has 0 aromatic carbocycles. The molecule has 1 aliphatic rings. The monoisotopic (exact) mass is 192 g/mol. The van der Waals surface area contributed by atoms with Gasteiger partial charge in [0.2, 0.25) is 0 Å². The number of aromatic nitrogens is 1. The maximum absolute atomic E-state index is 3.62. The number of hydrogen-bond donors (Lipinski definition) is 2. The Bertz CT molecular complexity index is 295. The summed E-state index contributed by atoms with van der Waals surface area (Å²) in [5.41, 5.74) is 2.20. The number of H-pyrrole nitrogens is 1. The van der Waals surface area contributed by atoms with Crippen molar-refractivity contribution in [3.8, 4) is 0 Å². The van der Waals surface area contributed by atoms with Crippen LogP contribution in [0.4, 0.5) is 0 Å². The van der Waals surface area contributed by atoms with Crippen LogP contribution in [0.15, 0.2) is 18.5 Å². The highest BCUT2D eigenvalue weighted by Gasteiger charge is 2.64. The largest absolute Gasteiger partial charge is 0.367 e. The molecule has 0 unspecified atom stereocenters. The maximum Gasteiger partial charge on any atom is 0.0223 e. The van der Waals surface area contributed by atoms with Crippen LogP contribution in [0.3, 0.4) is 0 Å². The molecule has 0 saturated heterocycles. The standard InChI is InChI=1S/C12H20N2/c1-11(2)10(12(11,3)4)14-8-9-5-6-13-7-9/h5-7,10,13-14H,8H2,1-4H3. The van der Waals surface area contributed by atoms with Crippen LogP contribution in [0, 0.1) is 10.8 Å². The van der Waals surface area contributed by atoms with Crippen molar-refractivity contribution in [3.05, 3.63) is 24.0 Å². The average molecular weight is 192 g/mol. The van der Waals surface area contributed by atoms with E-state index in [0.29, 0.717) is 16.9 Å². The van der Waals surface area contributed by atoms with Gasteiger partial charge >= 0.3 is 0 Å². The number of aromatic amines is 1. The zero-order valence-corrected chi connectivity index (χ0v) is 9.52. The van der Waals surface area contributed by atoms with Crippen LogP contribution in [0.2, 0.25) is 0 Å². The highest BCUT2D eigenvalue weighted by molar-refractivity contribution is 5.19. The number of rotatable bonds is 3. The van der Waals surface area contributed by atoms with Crippen LogP contribution in [0.25, 0.3) is 0 Å². The molecule has 1 fully saturated rings. The van der Waals surface area contributed by atoms with Gasteiger partial charge in [-0.1, -0.05) is 27.7 Å². The first kappa shape index (κ1) is 9.78. The summed E-state index contributed by atoms with van der Waals surface area (Å²) in [5.74, 6) is 0. The molecule has 0 bridgehead atoms. The van der Waals surface area contributed by atoms with Crippen molar-refractivity contribution in [1.82, 2.24) is 10.3 Å². The predicted octanol–water partition coefficient (Wildman–Crippen LogP) is 2.54. The van der Waals surface area contributed by atoms with E-state index in [-0.39, 0.29) is 0 Å². The predicted molar refractivity (Wildman–Crippen MR) is 59.0 cm³/mol. The second kappa shape index (κ2) is 2.86. The van der Waals surface area contributed by atoms with Gasteiger partial charge in [0, 0.05) is 25.0 Å². The third kappa shape index (κ3) is 1.29. The number of hydrogen-bond acceptors (Lipinski definition) is 1. The van der Waals surface area contributed by atoms with E-state index >= 15 is 0 Å². The molecule has 1 heterocycles. The molecule has 1 aromatic heterocycles. The highest BCUT2D eigenvalue weighted by atomic mass is 15.0. The van der Waals surface area contributed by atoms with Crippen molar-refractivity contribution >= 4 is 0 Å². The first-order chi connectivity index (χ1) is 6.46. The normalized spacial score (nSPS) is 23.7. The Kier molecular flexibility index (Phi) is 2.00. The Labute approximate surface area is 86.1 Å². The summed E-state index contributed by atoms with van der Waals surface area (Å²) in [6.45, 7) is 10.3. The van der Waals surface area contributed by atoms with E-state index in [0.717, 1.165) is 6.54 Å². The molecule has 2 N–H and O–H groups in total. The minimum atomic E-state index is 0.434. The van der Waals surface area contributed by atoms with E-state index in [2.05, 4.69) is 50.3 Å². The van der Waals surface area contributed by atoms with Crippen LogP contribution < -0.4 is 5.32 Å². The summed E-state index contributed by atoms with van der Waals surface area (Å²) < 4.78 is 0. The van der Waals surface area contributed by atoms with Crippen LogP contribution >= 0.6 is 0 Å². The lowest BCUT2D eigenvalue weighted by atomic mass is 10.0. The second-order valence-corrected chi connectivity index (χ2v) is 5.48. The summed E-state index contributed by atoms with van der Waals surface area (Å²) >= 11 is 0. The van der Waals surface area contributed by atoms with Crippen LogP contribution in [0.5, 0.6) is 0 Å². The molecule has 2 nitrogen and oxygen atoms in total. The average Bonchev–Trinajstić information content (AvgIpc) is 2.54. The molecule has 0 atom stereocenters. The second-order valence-electron chi connectivity index (χ2n) is 5.48. The molecule has 2 rings (SSSR count). The molecule has 0 radical (unpaired) electrons. The Morgan fingerprint density at radius 2 is 1.93 bits per heavy atom.